The minimum absolute atomic E-state index is 0.377. The van der Waals surface area contributed by atoms with E-state index < -0.39 is 10.0 Å². The van der Waals surface area contributed by atoms with Crippen LogP contribution in [0.5, 0.6) is 0 Å². The average molecular weight is 382 g/mol. The van der Waals surface area contributed by atoms with Gasteiger partial charge in [-0.1, -0.05) is 18.6 Å². The van der Waals surface area contributed by atoms with Crippen molar-refractivity contribution >= 4 is 21.1 Å². The van der Waals surface area contributed by atoms with Crippen LogP contribution >= 0.6 is 0 Å². The lowest BCUT2D eigenvalue weighted by Crippen LogP contribution is -2.27. The molecule has 5 rings (SSSR count). The number of nitrogens with one attached hydrogen (secondary N) is 1. The topological polar surface area (TPSA) is 66.1 Å². The minimum Gasteiger partial charge on any atom is -0.343 e. The summed E-state index contributed by atoms with van der Waals surface area (Å²) in [5, 5.41) is 1.11. The summed E-state index contributed by atoms with van der Waals surface area (Å²) in [4.78, 5) is 8.32. The standard InChI is InChI=1S/C21H23N3O2S/c25-27(26,24-12-1-2-13-24)17-8-6-15(7-9-17)18-10-11-22-21-19(18)14-20(23-21)16-4-3-5-16/h6-11,14,16H,1-5,12-13H2,(H,22,23). The molecule has 6 heteroatoms. The summed E-state index contributed by atoms with van der Waals surface area (Å²) in [7, 11) is -3.37. The van der Waals surface area contributed by atoms with Gasteiger partial charge in [-0.3, -0.25) is 0 Å². The first-order valence-corrected chi connectivity index (χ1v) is 11.2. The zero-order chi connectivity index (χ0) is 18.4. The predicted molar refractivity (Wildman–Crippen MR) is 106 cm³/mol. The van der Waals surface area contributed by atoms with E-state index in [0.717, 1.165) is 35.0 Å². The molecule has 1 aliphatic heterocycles. The molecular weight excluding hydrogens is 358 g/mol. The van der Waals surface area contributed by atoms with Crippen LogP contribution in [0, 0.1) is 0 Å². The third kappa shape index (κ3) is 2.87. The lowest BCUT2D eigenvalue weighted by Gasteiger charge is -2.23. The van der Waals surface area contributed by atoms with Gasteiger partial charge in [0.1, 0.15) is 5.65 Å². The van der Waals surface area contributed by atoms with E-state index in [2.05, 4.69) is 16.0 Å². The van der Waals surface area contributed by atoms with Gasteiger partial charge in [0.15, 0.2) is 0 Å². The van der Waals surface area contributed by atoms with E-state index >= 15 is 0 Å². The normalized spacial score (nSPS) is 18.8. The molecule has 2 aromatic heterocycles. The van der Waals surface area contributed by atoms with Crippen LogP contribution in [0.2, 0.25) is 0 Å². The number of sulfonamides is 1. The Kier molecular flexibility index (Phi) is 4.06. The SMILES string of the molecule is O=S(=O)(c1ccc(-c2ccnc3[nH]c(C4CCC4)cc23)cc1)N1CCCC1. The number of nitrogens with zero attached hydrogens (tertiary/aromatic N) is 2. The van der Waals surface area contributed by atoms with E-state index in [9.17, 15) is 8.42 Å². The molecule has 1 saturated heterocycles. The Morgan fingerprint density at radius 2 is 1.74 bits per heavy atom. The van der Waals surface area contributed by atoms with Gasteiger partial charge in [0, 0.05) is 30.4 Å². The number of aromatic amines is 1. The highest BCUT2D eigenvalue weighted by molar-refractivity contribution is 7.89. The minimum atomic E-state index is -3.37. The fourth-order valence-corrected chi connectivity index (χ4v) is 5.64. The van der Waals surface area contributed by atoms with E-state index in [-0.39, 0.29) is 0 Å². The zero-order valence-electron chi connectivity index (χ0n) is 15.2. The fraction of sp³-hybridized carbons (Fsp3) is 0.381. The Morgan fingerprint density at radius 3 is 2.41 bits per heavy atom. The van der Waals surface area contributed by atoms with Gasteiger partial charge in [-0.15, -0.1) is 0 Å². The first kappa shape index (κ1) is 17.0. The van der Waals surface area contributed by atoms with Crippen molar-refractivity contribution in [1.82, 2.24) is 14.3 Å². The maximum atomic E-state index is 12.7. The lowest BCUT2D eigenvalue weighted by molar-refractivity contribution is 0.413. The maximum absolute atomic E-state index is 12.7. The number of pyridine rings is 1. The van der Waals surface area contributed by atoms with Gasteiger partial charge in [-0.05, 0) is 67.0 Å². The van der Waals surface area contributed by atoms with E-state index in [1.54, 1.807) is 16.4 Å². The van der Waals surface area contributed by atoms with Crippen molar-refractivity contribution in [3.63, 3.8) is 0 Å². The molecule has 3 heterocycles. The van der Waals surface area contributed by atoms with Crippen molar-refractivity contribution in [2.24, 2.45) is 0 Å². The molecule has 0 bridgehead atoms. The molecule has 0 spiro atoms. The number of rotatable bonds is 4. The van der Waals surface area contributed by atoms with E-state index in [1.165, 1.54) is 25.0 Å². The van der Waals surface area contributed by atoms with Gasteiger partial charge >= 0.3 is 0 Å². The summed E-state index contributed by atoms with van der Waals surface area (Å²) >= 11 is 0. The first-order chi connectivity index (χ1) is 13.1. The third-order valence-corrected chi connectivity index (χ3v) is 7.88. The predicted octanol–water partition coefficient (Wildman–Crippen LogP) is 4.28. The molecule has 0 atom stereocenters. The molecule has 0 radical (unpaired) electrons. The van der Waals surface area contributed by atoms with Gasteiger partial charge in [-0.25, -0.2) is 13.4 Å². The van der Waals surface area contributed by atoms with Crippen LogP contribution in [0.3, 0.4) is 0 Å². The molecule has 27 heavy (non-hydrogen) atoms. The largest absolute Gasteiger partial charge is 0.343 e. The van der Waals surface area contributed by atoms with Crippen LogP contribution in [0.4, 0.5) is 0 Å². The Hall–Kier alpha value is -2.18. The molecule has 0 unspecified atom stereocenters. The molecule has 1 saturated carbocycles. The van der Waals surface area contributed by atoms with Gasteiger partial charge in [0.2, 0.25) is 10.0 Å². The zero-order valence-corrected chi connectivity index (χ0v) is 16.0. The Balaban J connectivity index is 1.50. The molecular formula is C21H23N3O2S. The van der Waals surface area contributed by atoms with Crippen LogP contribution in [0.15, 0.2) is 47.5 Å². The Labute approximate surface area is 159 Å². The summed E-state index contributed by atoms with van der Waals surface area (Å²) in [6, 6.07) is 11.5. The van der Waals surface area contributed by atoms with Crippen molar-refractivity contribution in [3.8, 4) is 11.1 Å². The fourth-order valence-electron chi connectivity index (χ4n) is 4.12. The molecule has 2 aliphatic rings. The number of hydrogen-bond donors (Lipinski definition) is 1. The first-order valence-electron chi connectivity index (χ1n) is 9.71. The van der Waals surface area contributed by atoms with Crippen molar-refractivity contribution < 1.29 is 8.42 Å². The van der Waals surface area contributed by atoms with Crippen LogP contribution < -0.4 is 0 Å². The second kappa shape index (κ2) is 6.46. The molecule has 2 fully saturated rings. The van der Waals surface area contributed by atoms with Gasteiger partial charge in [-0.2, -0.15) is 4.31 Å². The molecule has 1 N–H and O–H groups in total. The average Bonchev–Trinajstić information content (AvgIpc) is 3.30. The van der Waals surface area contributed by atoms with E-state index in [1.807, 2.05) is 24.4 Å². The highest BCUT2D eigenvalue weighted by atomic mass is 32.2. The van der Waals surface area contributed by atoms with Crippen LogP contribution in [-0.2, 0) is 10.0 Å². The van der Waals surface area contributed by atoms with Crippen molar-refractivity contribution in [2.75, 3.05) is 13.1 Å². The Bertz CT molecular complexity index is 1080. The summed E-state index contributed by atoms with van der Waals surface area (Å²) < 4.78 is 27.0. The quantitative estimate of drug-likeness (QED) is 0.733. The number of aromatic nitrogens is 2. The molecule has 1 aliphatic carbocycles. The lowest BCUT2D eigenvalue weighted by atomic mass is 9.83. The summed E-state index contributed by atoms with van der Waals surface area (Å²) in [6.07, 6.45) is 7.49. The third-order valence-electron chi connectivity index (χ3n) is 5.97. The highest BCUT2D eigenvalue weighted by Gasteiger charge is 2.27. The van der Waals surface area contributed by atoms with Crippen molar-refractivity contribution in [3.05, 3.63) is 48.3 Å². The van der Waals surface area contributed by atoms with Gasteiger partial charge in [0.05, 0.1) is 4.90 Å². The molecule has 3 aromatic rings. The number of benzene rings is 1. The number of fused-ring (bicyclic) bond motifs is 1. The number of H-pyrrole nitrogens is 1. The smallest absolute Gasteiger partial charge is 0.243 e. The van der Waals surface area contributed by atoms with Gasteiger partial charge in [0.25, 0.3) is 0 Å². The maximum Gasteiger partial charge on any atom is 0.243 e. The van der Waals surface area contributed by atoms with Crippen molar-refractivity contribution in [2.45, 2.75) is 42.9 Å². The molecule has 0 amide bonds. The van der Waals surface area contributed by atoms with E-state index in [0.29, 0.717) is 23.9 Å². The molecule has 5 nitrogen and oxygen atoms in total. The number of hydrogen-bond acceptors (Lipinski definition) is 3. The Morgan fingerprint density at radius 1 is 1.00 bits per heavy atom. The summed E-state index contributed by atoms with van der Waals surface area (Å²) in [6.45, 7) is 1.25. The van der Waals surface area contributed by atoms with Crippen molar-refractivity contribution in [1.29, 1.82) is 0 Å². The second-order valence-electron chi connectivity index (χ2n) is 7.61. The van der Waals surface area contributed by atoms with Gasteiger partial charge < -0.3 is 4.98 Å². The molecule has 1 aromatic carbocycles. The van der Waals surface area contributed by atoms with E-state index in [4.69, 9.17) is 0 Å². The summed E-state index contributed by atoms with van der Waals surface area (Å²) in [5.41, 5.74) is 4.28. The monoisotopic (exact) mass is 381 g/mol. The second-order valence-corrected chi connectivity index (χ2v) is 9.55. The summed E-state index contributed by atoms with van der Waals surface area (Å²) in [5.74, 6) is 0.625. The molecule has 140 valence electrons. The van der Waals surface area contributed by atoms with Crippen LogP contribution in [-0.4, -0.2) is 35.8 Å². The van der Waals surface area contributed by atoms with Crippen LogP contribution in [0.1, 0.15) is 43.7 Å². The highest BCUT2D eigenvalue weighted by Crippen LogP contribution is 2.38. The van der Waals surface area contributed by atoms with Crippen LogP contribution in [0.25, 0.3) is 22.2 Å².